The summed E-state index contributed by atoms with van der Waals surface area (Å²) in [7, 11) is 0. The second-order valence-corrected chi connectivity index (χ2v) is 7.01. The fourth-order valence-corrected chi connectivity index (χ4v) is 3.55. The van der Waals surface area contributed by atoms with E-state index in [0.717, 1.165) is 12.8 Å². The van der Waals surface area contributed by atoms with Gasteiger partial charge in [0, 0.05) is 37.8 Å². The van der Waals surface area contributed by atoms with Gasteiger partial charge in [0.05, 0.1) is 16.0 Å². The van der Waals surface area contributed by atoms with E-state index in [2.05, 4.69) is 15.3 Å². The van der Waals surface area contributed by atoms with Crippen molar-refractivity contribution >= 4 is 28.3 Å². The molecule has 1 saturated heterocycles. The van der Waals surface area contributed by atoms with E-state index >= 15 is 0 Å². The van der Waals surface area contributed by atoms with Crippen molar-refractivity contribution in [1.82, 2.24) is 14.9 Å². The van der Waals surface area contributed by atoms with E-state index in [1.54, 1.807) is 17.0 Å². The van der Waals surface area contributed by atoms with Crippen LogP contribution >= 0.6 is 0 Å². The van der Waals surface area contributed by atoms with Gasteiger partial charge in [0.25, 0.3) is 11.6 Å². The number of fused-ring (bicyclic) bond motifs is 1. The van der Waals surface area contributed by atoms with Crippen molar-refractivity contribution in [3.63, 3.8) is 0 Å². The van der Waals surface area contributed by atoms with Crippen LogP contribution in [0, 0.1) is 15.9 Å². The third kappa shape index (κ3) is 4.03. The molecule has 9 heteroatoms. The molecule has 1 aliphatic rings. The lowest BCUT2D eigenvalue weighted by Gasteiger charge is -2.16. The van der Waals surface area contributed by atoms with Crippen LogP contribution in [-0.4, -0.2) is 45.3 Å². The van der Waals surface area contributed by atoms with Gasteiger partial charge in [-0.25, -0.2) is 9.37 Å². The van der Waals surface area contributed by atoms with Crippen molar-refractivity contribution in [3.05, 3.63) is 63.7 Å². The predicted molar refractivity (Wildman–Crippen MR) is 106 cm³/mol. The molecule has 1 amide bonds. The third-order valence-corrected chi connectivity index (χ3v) is 5.00. The number of rotatable bonds is 6. The fourth-order valence-electron chi connectivity index (χ4n) is 3.55. The minimum absolute atomic E-state index is 0.0983. The summed E-state index contributed by atoms with van der Waals surface area (Å²) in [6.45, 7) is 1.75. The largest absolute Gasteiger partial charge is 0.385 e. The summed E-state index contributed by atoms with van der Waals surface area (Å²) < 4.78 is 13.3. The molecule has 0 spiro atoms. The molecule has 8 nitrogen and oxygen atoms in total. The van der Waals surface area contributed by atoms with Gasteiger partial charge in [0.1, 0.15) is 17.2 Å². The van der Waals surface area contributed by atoms with E-state index in [9.17, 15) is 19.3 Å². The molecule has 0 radical (unpaired) electrons. The number of nitrogens with zero attached hydrogens (tertiary/aromatic N) is 3. The van der Waals surface area contributed by atoms with Gasteiger partial charge in [-0.2, -0.15) is 0 Å². The summed E-state index contributed by atoms with van der Waals surface area (Å²) in [6, 6.07) is 8.85. The number of anilines is 1. The summed E-state index contributed by atoms with van der Waals surface area (Å²) in [5.41, 5.74) is 1.86. The molecule has 1 fully saturated rings. The van der Waals surface area contributed by atoms with Crippen molar-refractivity contribution in [1.29, 1.82) is 0 Å². The van der Waals surface area contributed by atoms with Crippen LogP contribution in [0.2, 0.25) is 0 Å². The molecule has 29 heavy (non-hydrogen) atoms. The number of halogens is 1. The zero-order valence-corrected chi connectivity index (χ0v) is 15.7. The van der Waals surface area contributed by atoms with Crippen LogP contribution in [0.4, 0.5) is 15.8 Å². The molecular weight excluding hydrogens is 377 g/mol. The lowest BCUT2D eigenvalue weighted by Crippen LogP contribution is -2.28. The maximum atomic E-state index is 13.3. The van der Waals surface area contributed by atoms with Gasteiger partial charge in [-0.05, 0) is 43.2 Å². The highest BCUT2D eigenvalue weighted by Gasteiger charge is 2.26. The molecule has 150 valence electrons. The quantitative estimate of drug-likeness (QED) is 0.489. The van der Waals surface area contributed by atoms with Crippen LogP contribution in [0.25, 0.3) is 11.0 Å². The number of nitrogens with one attached hydrogen (secondary N) is 2. The first-order valence-corrected chi connectivity index (χ1v) is 9.47. The van der Waals surface area contributed by atoms with E-state index in [4.69, 9.17) is 0 Å². The van der Waals surface area contributed by atoms with Crippen molar-refractivity contribution in [3.8, 4) is 0 Å². The monoisotopic (exact) mass is 397 g/mol. The van der Waals surface area contributed by atoms with Gasteiger partial charge < -0.3 is 15.2 Å². The van der Waals surface area contributed by atoms with Crippen LogP contribution in [-0.2, 0) is 6.42 Å². The minimum atomic E-state index is -0.527. The molecular formula is C20H20FN5O3. The first kappa shape index (κ1) is 18.9. The number of H-pyrrole nitrogens is 1. The second-order valence-electron chi connectivity index (χ2n) is 7.01. The molecule has 4 rings (SSSR count). The Labute approximate surface area is 165 Å². The molecule has 0 saturated carbocycles. The number of likely N-dealkylation sites (tertiary alicyclic amines) is 1. The summed E-state index contributed by atoms with van der Waals surface area (Å²) in [4.78, 5) is 32.6. The van der Waals surface area contributed by atoms with Gasteiger partial charge in [0.15, 0.2) is 0 Å². The molecule has 0 aliphatic carbocycles. The highest BCUT2D eigenvalue weighted by atomic mass is 19.1. The van der Waals surface area contributed by atoms with Gasteiger partial charge in [-0.1, -0.05) is 0 Å². The number of benzene rings is 2. The zero-order valence-electron chi connectivity index (χ0n) is 15.7. The zero-order chi connectivity index (χ0) is 20.4. The standard InChI is InChI=1S/C20H20FN5O3/c21-13-3-5-16-17(11-13)24-19(23-16)7-8-22-14-4-6-18(26(28)29)15(12-14)20(27)25-9-1-2-10-25/h3-6,11-12,22H,1-2,7-10H2,(H,23,24). The van der Waals surface area contributed by atoms with Crippen molar-refractivity contribution in [2.45, 2.75) is 19.3 Å². The normalized spacial score (nSPS) is 13.8. The summed E-state index contributed by atoms with van der Waals surface area (Å²) >= 11 is 0. The number of amides is 1. The molecule has 0 bridgehead atoms. The molecule has 2 aromatic carbocycles. The van der Waals surface area contributed by atoms with Crippen LogP contribution in [0.1, 0.15) is 29.0 Å². The van der Waals surface area contributed by atoms with E-state index in [-0.39, 0.29) is 23.0 Å². The van der Waals surface area contributed by atoms with Crippen molar-refractivity contribution in [2.24, 2.45) is 0 Å². The molecule has 2 N–H and O–H groups in total. The van der Waals surface area contributed by atoms with E-state index in [1.165, 1.54) is 24.3 Å². The summed E-state index contributed by atoms with van der Waals surface area (Å²) in [5.74, 6) is 0.0671. The van der Waals surface area contributed by atoms with E-state index in [1.807, 2.05) is 0 Å². The van der Waals surface area contributed by atoms with Gasteiger partial charge >= 0.3 is 0 Å². The minimum Gasteiger partial charge on any atom is -0.385 e. The number of nitro benzene ring substituents is 1. The Hall–Kier alpha value is -3.49. The highest BCUT2D eigenvalue weighted by molar-refractivity contribution is 5.99. The third-order valence-electron chi connectivity index (χ3n) is 5.00. The Kier molecular flexibility index (Phi) is 5.11. The number of carbonyl (C=O) groups excluding carboxylic acids is 1. The molecule has 3 aromatic rings. The number of aromatic amines is 1. The lowest BCUT2D eigenvalue weighted by atomic mass is 10.1. The van der Waals surface area contributed by atoms with Crippen molar-refractivity contribution in [2.75, 3.05) is 25.0 Å². The van der Waals surface area contributed by atoms with Crippen LogP contribution < -0.4 is 5.32 Å². The number of nitro groups is 1. The molecule has 0 unspecified atom stereocenters. The molecule has 1 aliphatic heterocycles. The molecule has 2 heterocycles. The smallest absolute Gasteiger partial charge is 0.282 e. The Morgan fingerprint density at radius 1 is 1.24 bits per heavy atom. The first-order valence-electron chi connectivity index (χ1n) is 9.47. The summed E-state index contributed by atoms with van der Waals surface area (Å²) in [5, 5.41) is 14.5. The Morgan fingerprint density at radius 2 is 2.03 bits per heavy atom. The van der Waals surface area contributed by atoms with Gasteiger partial charge in [-0.3, -0.25) is 14.9 Å². The lowest BCUT2D eigenvalue weighted by molar-refractivity contribution is -0.385. The van der Waals surface area contributed by atoms with Crippen LogP contribution in [0.3, 0.4) is 0 Å². The predicted octanol–water partition coefficient (Wildman–Crippen LogP) is 3.50. The number of hydrogen-bond acceptors (Lipinski definition) is 5. The van der Waals surface area contributed by atoms with Crippen LogP contribution in [0.15, 0.2) is 36.4 Å². The maximum Gasteiger partial charge on any atom is 0.282 e. The number of carbonyl (C=O) groups is 1. The fraction of sp³-hybridized carbons (Fsp3) is 0.300. The van der Waals surface area contributed by atoms with Gasteiger partial charge in [0.2, 0.25) is 0 Å². The van der Waals surface area contributed by atoms with Crippen molar-refractivity contribution < 1.29 is 14.1 Å². The van der Waals surface area contributed by atoms with E-state index in [0.29, 0.717) is 48.6 Å². The molecule has 1 aromatic heterocycles. The first-order chi connectivity index (χ1) is 14.0. The Bertz CT molecular complexity index is 1080. The van der Waals surface area contributed by atoms with Gasteiger partial charge in [-0.15, -0.1) is 0 Å². The number of imidazole rings is 1. The average Bonchev–Trinajstić information content (AvgIpc) is 3.36. The Morgan fingerprint density at radius 3 is 2.79 bits per heavy atom. The highest BCUT2D eigenvalue weighted by Crippen LogP contribution is 2.25. The topological polar surface area (TPSA) is 104 Å². The second kappa shape index (κ2) is 7.86. The Balaban J connectivity index is 1.47. The SMILES string of the molecule is O=C(c1cc(NCCc2nc3ccc(F)cc3[nH]2)ccc1[N+](=O)[O-])N1CCCC1. The average molecular weight is 397 g/mol. The van der Waals surface area contributed by atoms with E-state index < -0.39 is 4.92 Å². The maximum absolute atomic E-state index is 13.3. The number of aromatic nitrogens is 2. The summed E-state index contributed by atoms with van der Waals surface area (Å²) in [6.07, 6.45) is 2.38. The molecule has 0 atom stereocenters. The number of hydrogen-bond donors (Lipinski definition) is 2. The van der Waals surface area contributed by atoms with Crippen LogP contribution in [0.5, 0.6) is 0 Å².